The van der Waals surface area contributed by atoms with Gasteiger partial charge in [-0.1, -0.05) is 23.8 Å². The molecule has 3 aromatic rings. The zero-order valence-corrected chi connectivity index (χ0v) is 14.4. The van der Waals surface area contributed by atoms with Crippen LogP contribution in [-0.2, 0) is 0 Å². The van der Waals surface area contributed by atoms with Crippen molar-refractivity contribution in [3.63, 3.8) is 0 Å². The van der Waals surface area contributed by atoms with Crippen molar-refractivity contribution in [3.8, 4) is 11.4 Å². The van der Waals surface area contributed by atoms with E-state index in [4.69, 9.17) is 0 Å². The maximum Gasteiger partial charge on any atom is 0.225 e. The highest BCUT2D eigenvalue weighted by Gasteiger charge is 2.10. The number of aromatic nitrogens is 3. The molecule has 24 heavy (non-hydrogen) atoms. The normalized spacial score (nSPS) is 10.5. The van der Waals surface area contributed by atoms with Gasteiger partial charge in [-0.2, -0.15) is 4.98 Å². The molecule has 122 valence electrons. The minimum Gasteiger partial charge on any atom is -0.357 e. The van der Waals surface area contributed by atoms with Gasteiger partial charge in [0.25, 0.3) is 0 Å². The average Bonchev–Trinajstić information content (AvgIpc) is 2.58. The number of hydrogen-bond donors (Lipinski definition) is 2. The Labute approximate surface area is 142 Å². The van der Waals surface area contributed by atoms with Gasteiger partial charge in [-0.15, -0.1) is 0 Å². The van der Waals surface area contributed by atoms with Crippen molar-refractivity contribution in [2.75, 3.05) is 17.7 Å². The van der Waals surface area contributed by atoms with Crippen LogP contribution in [0.15, 0.2) is 42.6 Å². The first-order valence-electron chi connectivity index (χ1n) is 7.90. The minimum atomic E-state index is 0.558. The van der Waals surface area contributed by atoms with E-state index >= 15 is 0 Å². The quantitative estimate of drug-likeness (QED) is 0.753. The smallest absolute Gasteiger partial charge is 0.225 e. The highest BCUT2D eigenvalue weighted by atomic mass is 15.1. The summed E-state index contributed by atoms with van der Waals surface area (Å²) in [7, 11) is 1.81. The third kappa shape index (κ3) is 3.35. The molecule has 0 saturated carbocycles. The Morgan fingerprint density at radius 2 is 1.62 bits per heavy atom. The summed E-state index contributed by atoms with van der Waals surface area (Å²) in [6, 6.07) is 12.0. The molecule has 0 amide bonds. The summed E-state index contributed by atoms with van der Waals surface area (Å²) in [5, 5.41) is 6.45. The first kappa shape index (κ1) is 15.9. The number of aryl methyl sites for hydroxylation is 3. The van der Waals surface area contributed by atoms with Crippen molar-refractivity contribution in [2.45, 2.75) is 20.8 Å². The monoisotopic (exact) mass is 319 g/mol. The Kier molecular flexibility index (Phi) is 4.42. The number of benzene rings is 1. The van der Waals surface area contributed by atoms with Crippen LogP contribution in [0.4, 0.5) is 17.5 Å². The van der Waals surface area contributed by atoms with Crippen LogP contribution in [-0.4, -0.2) is 22.0 Å². The van der Waals surface area contributed by atoms with Gasteiger partial charge in [0.05, 0.1) is 11.4 Å². The summed E-state index contributed by atoms with van der Waals surface area (Å²) in [5.41, 5.74) is 6.31. The minimum absolute atomic E-state index is 0.558. The van der Waals surface area contributed by atoms with E-state index in [0.717, 1.165) is 22.9 Å². The van der Waals surface area contributed by atoms with Gasteiger partial charge in [0, 0.05) is 25.0 Å². The predicted molar refractivity (Wildman–Crippen MR) is 98.7 cm³/mol. The van der Waals surface area contributed by atoms with Crippen LogP contribution in [0.25, 0.3) is 11.4 Å². The number of anilines is 3. The zero-order chi connectivity index (χ0) is 17.1. The van der Waals surface area contributed by atoms with E-state index in [1.807, 2.05) is 31.3 Å². The first-order valence-corrected chi connectivity index (χ1v) is 7.90. The lowest BCUT2D eigenvalue weighted by Crippen LogP contribution is -2.04. The van der Waals surface area contributed by atoms with Gasteiger partial charge < -0.3 is 10.6 Å². The van der Waals surface area contributed by atoms with E-state index in [1.54, 1.807) is 6.20 Å². The van der Waals surface area contributed by atoms with Crippen molar-refractivity contribution in [1.82, 2.24) is 15.0 Å². The Balaban J connectivity index is 2.03. The van der Waals surface area contributed by atoms with Crippen molar-refractivity contribution in [1.29, 1.82) is 0 Å². The maximum atomic E-state index is 4.52. The van der Waals surface area contributed by atoms with Crippen LogP contribution in [0.5, 0.6) is 0 Å². The predicted octanol–water partition coefficient (Wildman–Crippen LogP) is 4.25. The van der Waals surface area contributed by atoms with Crippen LogP contribution in [0.2, 0.25) is 0 Å². The lowest BCUT2D eigenvalue weighted by Gasteiger charge is -2.14. The van der Waals surface area contributed by atoms with Gasteiger partial charge in [0.15, 0.2) is 0 Å². The molecule has 2 heterocycles. The number of nitrogens with zero attached hydrogens (tertiary/aromatic N) is 3. The Morgan fingerprint density at radius 3 is 2.25 bits per heavy atom. The van der Waals surface area contributed by atoms with E-state index < -0.39 is 0 Å². The van der Waals surface area contributed by atoms with Crippen molar-refractivity contribution in [3.05, 3.63) is 59.3 Å². The Hall–Kier alpha value is -2.95. The molecular weight excluding hydrogens is 298 g/mol. The molecule has 0 saturated heterocycles. The van der Waals surface area contributed by atoms with Crippen molar-refractivity contribution >= 4 is 17.5 Å². The number of hydrogen-bond acceptors (Lipinski definition) is 5. The van der Waals surface area contributed by atoms with Crippen molar-refractivity contribution in [2.24, 2.45) is 0 Å². The van der Waals surface area contributed by atoms with E-state index in [2.05, 4.69) is 58.5 Å². The molecule has 2 N–H and O–H groups in total. The second kappa shape index (κ2) is 6.66. The molecule has 0 bridgehead atoms. The summed E-state index contributed by atoms with van der Waals surface area (Å²) in [5.74, 6) is 1.30. The van der Waals surface area contributed by atoms with Crippen LogP contribution in [0.3, 0.4) is 0 Å². The molecular formula is C19H21N5. The lowest BCUT2D eigenvalue weighted by atomic mass is 10.1. The Bertz CT molecular complexity index is 836. The molecule has 5 heteroatoms. The van der Waals surface area contributed by atoms with Gasteiger partial charge in [0.1, 0.15) is 5.82 Å². The molecule has 3 rings (SSSR count). The van der Waals surface area contributed by atoms with Crippen LogP contribution in [0.1, 0.15) is 16.7 Å². The summed E-state index contributed by atoms with van der Waals surface area (Å²) >= 11 is 0. The molecule has 0 fully saturated rings. The van der Waals surface area contributed by atoms with E-state index in [1.165, 1.54) is 16.7 Å². The molecule has 5 nitrogen and oxygen atoms in total. The van der Waals surface area contributed by atoms with Gasteiger partial charge >= 0.3 is 0 Å². The van der Waals surface area contributed by atoms with Crippen LogP contribution < -0.4 is 10.6 Å². The summed E-state index contributed by atoms with van der Waals surface area (Å²) < 4.78 is 0. The fraction of sp³-hybridized carbons (Fsp3) is 0.211. The topological polar surface area (TPSA) is 62.7 Å². The largest absolute Gasteiger partial charge is 0.357 e. The lowest BCUT2D eigenvalue weighted by molar-refractivity contribution is 1.14. The summed E-state index contributed by atoms with van der Waals surface area (Å²) in [6.07, 6.45) is 1.76. The molecule has 0 spiro atoms. The van der Waals surface area contributed by atoms with E-state index in [9.17, 15) is 0 Å². The fourth-order valence-corrected chi connectivity index (χ4v) is 2.77. The third-order valence-electron chi connectivity index (χ3n) is 3.81. The number of pyridine rings is 1. The highest BCUT2D eigenvalue weighted by molar-refractivity contribution is 5.69. The van der Waals surface area contributed by atoms with Gasteiger partial charge in [-0.3, -0.25) is 4.98 Å². The molecule has 0 atom stereocenters. The van der Waals surface area contributed by atoms with Gasteiger partial charge in [-0.05, 0) is 44.0 Å². The molecule has 0 aliphatic rings. The highest BCUT2D eigenvalue weighted by Crippen LogP contribution is 2.27. The molecule has 0 radical (unpaired) electrons. The van der Waals surface area contributed by atoms with Crippen LogP contribution in [0, 0.1) is 20.8 Å². The third-order valence-corrected chi connectivity index (χ3v) is 3.81. The average molecular weight is 319 g/mol. The van der Waals surface area contributed by atoms with Gasteiger partial charge in [0.2, 0.25) is 5.95 Å². The van der Waals surface area contributed by atoms with Crippen molar-refractivity contribution < 1.29 is 0 Å². The standard InChI is InChI=1S/C19H21N5/c1-12-9-13(2)18(14(3)10-12)23-17-11-16(22-19(20-4)24-17)15-7-5-6-8-21-15/h5-11H,1-4H3,(H2,20,22,23,24). The molecule has 2 aromatic heterocycles. The first-order chi connectivity index (χ1) is 11.6. The number of nitrogens with one attached hydrogen (secondary N) is 2. The zero-order valence-electron chi connectivity index (χ0n) is 14.4. The van der Waals surface area contributed by atoms with Gasteiger partial charge in [-0.25, -0.2) is 4.98 Å². The summed E-state index contributed by atoms with van der Waals surface area (Å²) in [6.45, 7) is 6.30. The fourth-order valence-electron chi connectivity index (χ4n) is 2.77. The maximum absolute atomic E-state index is 4.52. The summed E-state index contributed by atoms with van der Waals surface area (Å²) in [4.78, 5) is 13.4. The second-order valence-electron chi connectivity index (χ2n) is 5.83. The molecule has 0 aliphatic heterocycles. The van der Waals surface area contributed by atoms with E-state index in [0.29, 0.717) is 5.95 Å². The second-order valence-corrected chi connectivity index (χ2v) is 5.83. The molecule has 0 unspecified atom stereocenters. The van der Waals surface area contributed by atoms with E-state index in [-0.39, 0.29) is 0 Å². The Morgan fingerprint density at radius 1 is 0.875 bits per heavy atom. The molecule has 0 aliphatic carbocycles. The SMILES string of the molecule is CNc1nc(Nc2c(C)cc(C)cc2C)cc(-c2ccccn2)n1. The molecule has 1 aromatic carbocycles. The number of rotatable bonds is 4. The van der Waals surface area contributed by atoms with Crippen LogP contribution >= 0.6 is 0 Å².